The number of hydrogen-bond donors (Lipinski definition) is 0. The van der Waals surface area contributed by atoms with E-state index in [1.807, 2.05) is 12.1 Å². The van der Waals surface area contributed by atoms with Gasteiger partial charge >= 0.3 is 0 Å². The molecule has 0 bridgehead atoms. The van der Waals surface area contributed by atoms with Crippen LogP contribution in [0, 0.1) is 5.92 Å². The second kappa shape index (κ2) is 3.45. The largest absolute Gasteiger partial charge is 0.469 e. The molecular weight excluding hydrogens is 124 g/mol. The molecule has 0 saturated carbocycles. The summed E-state index contributed by atoms with van der Waals surface area (Å²) < 4.78 is 5.21. The molecule has 0 aliphatic carbocycles. The average molecular weight is 138 g/mol. The normalized spacial score (nSPS) is 13.4. The lowest BCUT2D eigenvalue weighted by atomic mass is 10.0. The second-order valence-corrected chi connectivity index (χ2v) is 2.80. The van der Waals surface area contributed by atoms with E-state index in [1.165, 1.54) is 6.42 Å². The summed E-state index contributed by atoms with van der Waals surface area (Å²) in [7, 11) is 0. The molecule has 0 saturated heterocycles. The number of hydrogen-bond acceptors (Lipinski definition) is 1. The molecule has 0 spiro atoms. The van der Waals surface area contributed by atoms with Gasteiger partial charge in [0.1, 0.15) is 5.76 Å². The van der Waals surface area contributed by atoms with Crippen molar-refractivity contribution < 1.29 is 4.42 Å². The summed E-state index contributed by atoms with van der Waals surface area (Å²) in [6, 6.07) is 3.98. The summed E-state index contributed by atoms with van der Waals surface area (Å²) in [6.07, 6.45) is 4.03. The smallest absolute Gasteiger partial charge is 0.104 e. The topological polar surface area (TPSA) is 13.1 Å². The molecule has 1 rings (SSSR count). The highest BCUT2D eigenvalue weighted by atomic mass is 16.3. The number of rotatable bonds is 3. The Morgan fingerprint density at radius 1 is 1.60 bits per heavy atom. The maximum atomic E-state index is 5.21. The van der Waals surface area contributed by atoms with Crippen LogP contribution in [-0.2, 0) is 6.42 Å². The van der Waals surface area contributed by atoms with Crippen LogP contribution in [0.3, 0.4) is 0 Å². The van der Waals surface area contributed by atoms with Gasteiger partial charge in [-0.3, -0.25) is 0 Å². The van der Waals surface area contributed by atoms with Gasteiger partial charge in [0.25, 0.3) is 0 Å². The van der Waals surface area contributed by atoms with Crippen molar-refractivity contribution in [2.24, 2.45) is 5.92 Å². The SMILES string of the molecule is CCC(C)Cc1ccco1. The van der Waals surface area contributed by atoms with Crippen molar-refractivity contribution in [3.63, 3.8) is 0 Å². The van der Waals surface area contributed by atoms with Gasteiger partial charge in [0.2, 0.25) is 0 Å². The van der Waals surface area contributed by atoms with E-state index in [0.717, 1.165) is 18.1 Å². The van der Waals surface area contributed by atoms with Crippen molar-refractivity contribution in [2.45, 2.75) is 26.7 Å². The maximum Gasteiger partial charge on any atom is 0.104 e. The Kier molecular flexibility index (Phi) is 2.55. The van der Waals surface area contributed by atoms with Gasteiger partial charge in [-0.1, -0.05) is 20.3 Å². The fourth-order valence-electron chi connectivity index (χ4n) is 0.917. The Balaban J connectivity index is 2.40. The highest BCUT2D eigenvalue weighted by Gasteiger charge is 2.01. The highest BCUT2D eigenvalue weighted by Crippen LogP contribution is 2.10. The fraction of sp³-hybridized carbons (Fsp3) is 0.556. The minimum absolute atomic E-state index is 0.742. The van der Waals surface area contributed by atoms with Gasteiger partial charge in [0, 0.05) is 6.42 Å². The molecule has 1 nitrogen and oxygen atoms in total. The van der Waals surface area contributed by atoms with Crippen LogP contribution in [0.5, 0.6) is 0 Å². The maximum absolute atomic E-state index is 5.21. The van der Waals surface area contributed by atoms with Gasteiger partial charge in [0.15, 0.2) is 0 Å². The van der Waals surface area contributed by atoms with Gasteiger partial charge < -0.3 is 4.42 Å². The Hall–Kier alpha value is -0.720. The van der Waals surface area contributed by atoms with Crippen molar-refractivity contribution in [3.05, 3.63) is 24.2 Å². The van der Waals surface area contributed by atoms with Crippen LogP contribution in [0.4, 0.5) is 0 Å². The lowest BCUT2D eigenvalue weighted by molar-refractivity contribution is 0.450. The zero-order valence-corrected chi connectivity index (χ0v) is 6.63. The second-order valence-electron chi connectivity index (χ2n) is 2.80. The van der Waals surface area contributed by atoms with Crippen molar-refractivity contribution in [1.29, 1.82) is 0 Å². The van der Waals surface area contributed by atoms with E-state index in [0.29, 0.717) is 0 Å². The van der Waals surface area contributed by atoms with Crippen molar-refractivity contribution in [2.75, 3.05) is 0 Å². The lowest BCUT2D eigenvalue weighted by Gasteiger charge is -2.03. The molecular formula is C9H14O. The van der Waals surface area contributed by atoms with E-state index in [1.54, 1.807) is 6.26 Å². The molecule has 1 atom stereocenters. The lowest BCUT2D eigenvalue weighted by Crippen LogP contribution is -1.95. The van der Waals surface area contributed by atoms with Crippen molar-refractivity contribution in [1.82, 2.24) is 0 Å². The molecule has 0 aliphatic rings. The summed E-state index contributed by atoms with van der Waals surface area (Å²) in [6.45, 7) is 4.44. The van der Waals surface area contributed by atoms with E-state index in [-0.39, 0.29) is 0 Å². The van der Waals surface area contributed by atoms with Gasteiger partial charge in [-0.05, 0) is 18.1 Å². The first-order valence-electron chi connectivity index (χ1n) is 3.85. The first kappa shape index (κ1) is 7.39. The van der Waals surface area contributed by atoms with E-state index in [9.17, 15) is 0 Å². The van der Waals surface area contributed by atoms with Crippen molar-refractivity contribution >= 4 is 0 Å². The first-order chi connectivity index (χ1) is 4.83. The molecule has 10 heavy (non-hydrogen) atoms. The fourth-order valence-corrected chi connectivity index (χ4v) is 0.917. The third kappa shape index (κ3) is 1.90. The Morgan fingerprint density at radius 3 is 2.90 bits per heavy atom. The standard InChI is InChI=1S/C9H14O/c1-3-8(2)7-9-5-4-6-10-9/h4-6,8H,3,7H2,1-2H3. The molecule has 0 fully saturated rings. The van der Waals surface area contributed by atoms with Gasteiger partial charge in [0.05, 0.1) is 6.26 Å². The van der Waals surface area contributed by atoms with E-state index in [2.05, 4.69) is 13.8 Å². The summed E-state index contributed by atoms with van der Waals surface area (Å²) >= 11 is 0. The third-order valence-electron chi connectivity index (χ3n) is 1.83. The molecule has 56 valence electrons. The molecule has 0 N–H and O–H groups in total. The predicted molar refractivity (Wildman–Crippen MR) is 41.9 cm³/mol. The summed E-state index contributed by atoms with van der Waals surface area (Å²) in [5, 5.41) is 0. The minimum atomic E-state index is 0.742. The molecule has 0 radical (unpaired) electrons. The molecule has 1 heterocycles. The third-order valence-corrected chi connectivity index (χ3v) is 1.83. The predicted octanol–water partition coefficient (Wildman–Crippen LogP) is 2.87. The Labute approximate surface area is 62.1 Å². The molecule has 1 unspecified atom stereocenters. The number of furan rings is 1. The van der Waals surface area contributed by atoms with Gasteiger partial charge in [-0.2, -0.15) is 0 Å². The summed E-state index contributed by atoms with van der Waals surface area (Å²) in [5.74, 6) is 1.85. The van der Waals surface area contributed by atoms with Crippen LogP contribution in [-0.4, -0.2) is 0 Å². The molecule has 1 heteroatoms. The Morgan fingerprint density at radius 2 is 2.40 bits per heavy atom. The van der Waals surface area contributed by atoms with Gasteiger partial charge in [-0.25, -0.2) is 0 Å². The Bertz CT molecular complexity index is 165. The van der Waals surface area contributed by atoms with Crippen LogP contribution in [0.25, 0.3) is 0 Å². The minimum Gasteiger partial charge on any atom is -0.469 e. The molecule has 0 aromatic carbocycles. The molecule has 1 aromatic heterocycles. The van der Waals surface area contributed by atoms with Crippen molar-refractivity contribution in [3.8, 4) is 0 Å². The summed E-state index contributed by atoms with van der Waals surface area (Å²) in [4.78, 5) is 0. The zero-order valence-electron chi connectivity index (χ0n) is 6.63. The average Bonchev–Trinajstić information content (AvgIpc) is 2.40. The summed E-state index contributed by atoms with van der Waals surface area (Å²) in [5.41, 5.74) is 0. The zero-order chi connectivity index (χ0) is 7.40. The molecule has 0 aliphatic heterocycles. The van der Waals surface area contributed by atoms with Crippen LogP contribution < -0.4 is 0 Å². The molecule has 0 amide bonds. The van der Waals surface area contributed by atoms with E-state index < -0.39 is 0 Å². The molecule has 1 aromatic rings. The van der Waals surface area contributed by atoms with Crippen LogP contribution in [0.15, 0.2) is 22.8 Å². The van der Waals surface area contributed by atoms with Crippen LogP contribution >= 0.6 is 0 Å². The quantitative estimate of drug-likeness (QED) is 0.626. The van der Waals surface area contributed by atoms with E-state index in [4.69, 9.17) is 4.42 Å². The van der Waals surface area contributed by atoms with E-state index >= 15 is 0 Å². The van der Waals surface area contributed by atoms with Gasteiger partial charge in [-0.15, -0.1) is 0 Å². The monoisotopic (exact) mass is 138 g/mol. The van der Waals surface area contributed by atoms with Crippen LogP contribution in [0.1, 0.15) is 26.0 Å². The van der Waals surface area contributed by atoms with Crippen LogP contribution in [0.2, 0.25) is 0 Å². The first-order valence-corrected chi connectivity index (χ1v) is 3.85. The highest BCUT2D eigenvalue weighted by molar-refractivity contribution is 4.98.